The number of methoxy groups -OCH3 is 2. The highest BCUT2D eigenvalue weighted by atomic mass is 35.5. The van der Waals surface area contributed by atoms with Crippen molar-refractivity contribution in [3.05, 3.63) is 34.9 Å². The number of rotatable bonds is 5. The highest BCUT2D eigenvalue weighted by Crippen LogP contribution is 2.17. The fourth-order valence-electron chi connectivity index (χ4n) is 1.57. The Labute approximate surface area is 111 Å². The van der Waals surface area contributed by atoms with E-state index in [1.54, 1.807) is 12.1 Å². The molecular formula is C13H15ClO4. The molecule has 0 amide bonds. The molecule has 0 N–H and O–H groups in total. The lowest BCUT2D eigenvalue weighted by atomic mass is 10.0. The van der Waals surface area contributed by atoms with Gasteiger partial charge in [-0.1, -0.05) is 12.1 Å². The van der Waals surface area contributed by atoms with E-state index in [1.165, 1.54) is 14.2 Å². The summed E-state index contributed by atoms with van der Waals surface area (Å²) in [5.41, 5.74) is 2.09. The van der Waals surface area contributed by atoms with Gasteiger partial charge in [-0.2, -0.15) is 0 Å². The number of carbonyl (C=O) groups excluding carboxylic acids is 2. The van der Waals surface area contributed by atoms with E-state index in [-0.39, 0.29) is 11.8 Å². The van der Waals surface area contributed by atoms with Crippen LogP contribution in [-0.2, 0) is 26.6 Å². The Morgan fingerprint density at radius 3 is 2.50 bits per heavy atom. The zero-order valence-corrected chi connectivity index (χ0v) is 11.1. The van der Waals surface area contributed by atoms with Gasteiger partial charge in [0, 0.05) is 12.3 Å². The van der Waals surface area contributed by atoms with Crippen LogP contribution in [-0.4, -0.2) is 26.2 Å². The monoisotopic (exact) mass is 270 g/mol. The molecule has 18 heavy (non-hydrogen) atoms. The third-order valence-corrected chi connectivity index (χ3v) is 2.85. The molecule has 1 aromatic carbocycles. The molecule has 5 heteroatoms. The van der Waals surface area contributed by atoms with Gasteiger partial charge < -0.3 is 9.47 Å². The summed E-state index contributed by atoms with van der Waals surface area (Å²) in [6.07, 6.45) is 0.855. The van der Waals surface area contributed by atoms with E-state index in [2.05, 4.69) is 9.47 Å². The second kappa shape index (κ2) is 7.01. The molecule has 0 fully saturated rings. The lowest BCUT2D eigenvalue weighted by Gasteiger charge is -2.08. The SMILES string of the molecule is COC(=O)CCc1ccc(C(=O)OC)c(CCl)c1. The number of aryl methyl sites for hydroxylation is 1. The maximum absolute atomic E-state index is 11.5. The number of halogens is 1. The number of ether oxygens (including phenoxy) is 2. The first kappa shape index (κ1) is 14.5. The van der Waals surface area contributed by atoms with Crippen molar-refractivity contribution < 1.29 is 19.1 Å². The van der Waals surface area contributed by atoms with E-state index >= 15 is 0 Å². The van der Waals surface area contributed by atoms with Crippen molar-refractivity contribution in [1.82, 2.24) is 0 Å². The van der Waals surface area contributed by atoms with E-state index in [9.17, 15) is 9.59 Å². The Kier molecular flexibility index (Phi) is 5.65. The zero-order chi connectivity index (χ0) is 13.5. The summed E-state index contributed by atoms with van der Waals surface area (Å²) < 4.78 is 9.23. The lowest BCUT2D eigenvalue weighted by molar-refractivity contribution is -0.140. The highest BCUT2D eigenvalue weighted by Gasteiger charge is 2.12. The van der Waals surface area contributed by atoms with Gasteiger partial charge in [-0.25, -0.2) is 4.79 Å². The van der Waals surface area contributed by atoms with E-state index in [0.29, 0.717) is 24.0 Å². The smallest absolute Gasteiger partial charge is 0.338 e. The van der Waals surface area contributed by atoms with Crippen molar-refractivity contribution in [1.29, 1.82) is 0 Å². The molecule has 0 unspecified atom stereocenters. The lowest BCUT2D eigenvalue weighted by Crippen LogP contribution is -2.06. The van der Waals surface area contributed by atoms with Crippen molar-refractivity contribution in [2.45, 2.75) is 18.7 Å². The minimum Gasteiger partial charge on any atom is -0.469 e. The summed E-state index contributed by atoms with van der Waals surface area (Å²) >= 11 is 5.80. The standard InChI is InChI=1S/C13H15ClO4/c1-17-12(15)6-4-9-3-5-11(13(16)18-2)10(7-9)8-14/h3,5,7H,4,6,8H2,1-2H3. The van der Waals surface area contributed by atoms with Crippen molar-refractivity contribution in [3.63, 3.8) is 0 Å². The van der Waals surface area contributed by atoms with E-state index in [0.717, 1.165) is 5.56 Å². The molecule has 0 bridgehead atoms. The number of benzene rings is 1. The number of hydrogen-bond donors (Lipinski definition) is 0. The maximum Gasteiger partial charge on any atom is 0.338 e. The van der Waals surface area contributed by atoms with E-state index in [1.807, 2.05) is 6.07 Å². The van der Waals surface area contributed by atoms with E-state index < -0.39 is 5.97 Å². The first-order chi connectivity index (χ1) is 8.62. The second-order valence-corrected chi connectivity index (χ2v) is 3.96. The Hall–Kier alpha value is -1.55. The molecule has 98 valence electrons. The second-order valence-electron chi connectivity index (χ2n) is 3.69. The summed E-state index contributed by atoms with van der Waals surface area (Å²) in [6.45, 7) is 0. The Morgan fingerprint density at radius 2 is 1.94 bits per heavy atom. The average molecular weight is 271 g/mol. The maximum atomic E-state index is 11.5. The van der Waals surface area contributed by atoms with Crippen LogP contribution in [0.15, 0.2) is 18.2 Å². The third-order valence-electron chi connectivity index (χ3n) is 2.56. The van der Waals surface area contributed by atoms with Crippen molar-refractivity contribution >= 4 is 23.5 Å². The van der Waals surface area contributed by atoms with Crippen LogP contribution in [0.2, 0.25) is 0 Å². The summed E-state index contributed by atoms with van der Waals surface area (Å²) in [5, 5.41) is 0. The molecule has 0 aliphatic heterocycles. The van der Waals surface area contributed by atoms with Crippen LogP contribution in [0.1, 0.15) is 27.9 Å². The highest BCUT2D eigenvalue weighted by molar-refractivity contribution is 6.17. The number of carbonyl (C=O) groups is 2. The molecule has 0 saturated carbocycles. The van der Waals surface area contributed by atoms with Gasteiger partial charge in [-0.05, 0) is 23.6 Å². The van der Waals surface area contributed by atoms with Gasteiger partial charge in [0.2, 0.25) is 0 Å². The molecule has 1 aromatic rings. The zero-order valence-electron chi connectivity index (χ0n) is 10.4. The molecular weight excluding hydrogens is 256 g/mol. The van der Waals surface area contributed by atoms with Crippen molar-refractivity contribution in [2.24, 2.45) is 0 Å². The van der Waals surface area contributed by atoms with Gasteiger partial charge in [-0.15, -0.1) is 11.6 Å². The molecule has 0 radical (unpaired) electrons. The average Bonchev–Trinajstić information content (AvgIpc) is 2.43. The predicted molar refractivity (Wildman–Crippen MR) is 67.7 cm³/mol. The summed E-state index contributed by atoms with van der Waals surface area (Å²) in [7, 11) is 2.68. The number of hydrogen-bond acceptors (Lipinski definition) is 4. The topological polar surface area (TPSA) is 52.6 Å². The fourth-order valence-corrected chi connectivity index (χ4v) is 1.79. The Balaban J connectivity index is 2.85. The molecule has 0 aromatic heterocycles. The molecule has 1 rings (SSSR count). The Morgan fingerprint density at radius 1 is 1.22 bits per heavy atom. The summed E-state index contributed by atoms with van der Waals surface area (Å²) in [5.74, 6) is -0.458. The van der Waals surface area contributed by atoms with Crippen molar-refractivity contribution in [3.8, 4) is 0 Å². The van der Waals surface area contributed by atoms with Gasteiger partial charge >= 0.3 is 11.9 Å². The molecule has 0 spiro atoms. The molecule has 0 aliphatic rings. The van der Waals surface area contributed by atoms with Crippen LogP contribution in [0.4, 0.5) is 0 Å². The number of alkyl halides is 1. The third kappa shape index (κ3) is 3.74. The van der Waals surface area contributed by atoms with Gasteiger partial charge in [0.1, 0.15) is 0 Å². The van der Waals surface area contributed by atoms with Crippen LogP contribution >= 0.6 is 11.6 Å². The van der Waals surface area contributed by atoms with Crippen LogP contribution in [0.3, 0.4) is 0 Å². The normalized spacial score (nSPS) is 9.94. The Bertz CT molecular complexity index is 443. The summed E-state index contributed by atoms with van der Waals surface area (Å²) in [4.78, 5) is 22.5. The predicted octanol–water partition coefficient (Wildman–Crippen LogP) is 2.32. The molecule has 0 atom stereocenters. The molecule has 0 heterocycles. The molecule has 0 aliphatic carbocycles. The van der Waals surface area contributed by atoms with Crippen LogP contribution in [0, 0.1) is 0 Å². The van der Waals surface area contributed by atoms with Crippen molar-refractivity contribution in [2.75, 3.05) is 14.2 Å². The van der Waals surface area contributed by atoms with Gasteiger partial charge in [0.15, 0.2) is 0 Å². The van der Waals surface area contributed by atoms with Crippen LogP contribution in [0.25, 0.3) is 0 Å². The first-order valence-corrected chi connectivity index (χ1v) is 5.98. The first-order valence-electron chi connectivity index (χ1n) is 5.45. The largest absolute Gasteiger partial charge is 0.469 e. The van der Waals surface area contributed by atoms with Crippen LogP contribution < -0.4 is 0 Å². The fraction of sp³-hybridized carbons (Fsp3) is 0.385. The van der Waals surface area contributed by atoms with E-state index in [4.69, 9.17) is 11.6 Å². The minimum absolute atomic E-state index is 0.219. The van der Waals surface area contributed by atoms with Crippen LogP contribution in [0.5, 0.6) is 0 Å². The molecule has 0 saturated heterocycles. The number of esters is 2. The minimum atomic E-state index is -0.412. The van der Waals surface area contributed by atoms with Gasteiger partial charge in [0.25, 0.3) is 0 Å². The quantitative estimate of drug-likeness (QED) is 0.609. The molecule has 4 nitrogen and oxygen atoms in total. The van der Waals surface area contributed by atoms with Gasteiger partial charge in [-0.3, -0.25) is 4.79 Å². The van der Waals surface area contributed by atoms with Gasteiger partial charge in [0.05, 0.1) is 19.8 Å². The summed E-state index contributed by atoms with van der Waals surface area (Å²) in [6, 6.07) is 5.25.